The molecule has 3 heteroatoms. The average Bonchev–Trinajstić information content (AvgIpc) is 2.51. The van der Waals surface area contributed by atoms with Gasteiger partial charge >= 0.3 is 0 Å². The van der Waals surface area contributed by atoms with Gasteiger partial charge in [0.05, 0.1) is 12.5 Å². The van der Waals surface area contributed by atoms with E-state index in [-0.39, 0.29) is 11.9 Å². The van der Waals surface area contributed by atoms with Crippen LogP contribution in [0.15, 0.2) is 36.4 Å². The van der Waals surface area contributed by atoms with Gasteiger partial charge in [-0.1, -0.05) is 29.8 Å². The second-order valence-electron chi connectivity index (χ2n) is 6.63. The monoisotopic (exact) mass is 325 g/mol. The Morgan fingerprint density at radius 1 is 1.00 bits per heavy atom. The van der Waals surface area contributed by atoms with E-state index in [2.05, 4.69) is 32.2 Å². The molecule has 0 saturated heterocycles. The van der Waals surface area contributed by atoms with Crippen LogP contribution in [0.5, 0.6) is 5.75 Å². The van der Waals surface area contributed by atoms with E-state index < -0.39 is 0 Å². The van der Waals surface area contributed by atoms with E-state index in [1.165, 1.54) is 16.7 Å². The van der Waals surface area contributed by atoms with E-state index >= 15 is 0 Å². The number of ether oxygens (including phenoxy) is 1. The summed E-state index contributed by atoms with van der Waals surface area (Å²) in [6.45, 7) is 10.7. The topological polar surface area (TPSA) is 38.3 Å². The minimum Gasteiger partial charge on any atom is -0.491 e. The highest BCUT2D eigenvalue weighted by Gasteiger charge is 2.10. The van der Waals surface area contributed by atoms with Crippen LogP contribution in [0.25, 0.3) is 0 Å². The van der Waals surface area contributed by atoms with Gasteiger partial charge in [0.15, 0.2) is 0 Å². The van der Waals surface area contributed by atoms with Gasteiger partial charge in [-0.25, -0.2) is 0 Å². The lowest BCUT2D eigenvalue weighted by atomic mass is 10.0. The van der Waals surface area contributed by atoms with E-state index in [1.54, 1.807) is 0 Å². The Bertz CT molecular complexity index is 722. The molecule has 0 aliphatic heterocycles. The standard InChI is InChI=1S/C21H27NO2/c1-14-6-8-19(17(4)10-14)12-21(23)22-18(5)13-24-20-9-7-15(2)16(3)11-20/h6-11,18H,12-13H2,1-5H3,(H,22,23)/t18-/m0/s1. The molecule has 3 nitrogen and oxygen atoms in total. The second kappa shape index (κ2) is 8.00. The molecule has 2 aromatic carbocycles. The molecule has 2 rings (SSSR count). The lowest BCUT2D eigenvalue weighted by Crippen LogP contribution is -2.37. The molecule has 0 aliphatic rings. The van der Waals surface area contributed by atoms with Crippen LogP contribution in [0.1, 0.15) is 34.7 Å². The van der Waals surface area contributed by atoms with E-state index in [9.17, 15) is 4.79 Å². The molecule has 0 fully saturated rings. The summed E-state index contributed by atoms with van der Waals surface area (Å²) in [5.74, 6) is 0.867. The molecule has 0 aliphatic carbocycles. The number of aryl methyl sites for hydroxylation is 4. The van der Waals surface area contributed by atoms with Gasteiger partial charge in [0, 0.05) is 0 Å². The van der Waals surface area contributed by atoms with E-state index in [4.69, 9.17) is 4.74 Å². The van der Waals surface area contributed by atoms with Crippen LogP contribution in [-0.4, -0.2) is 18.6 Å². The molecule has 0 unspecified atom stereocenters. The molecular weight excluding hydrogens is 298 g/mol. The molecule has 128 valence electrons. The third-order valence-corrected chi connectivity index (χ3v) is 4.23. The quantitative estimate of drug-likeness (QED) is 0.870. The predicted molar refractivity (Wildman–Crippen MR) is 98.6 cm³/mol. The minimum absolute atomic E-state index is 0.0261. The zero-order valence-corrected chi connectivity index (χ0v) is 15.3. The largest absolute Gasteiger partial charge is 0.491 e. The maximum absolute atomic E-state index is 12.2. The number of amides is 1. The number of hydrogen-bond donors (Lipinski definition) is 1. The third kappa shape index (κ3) is 5.12. The molecule has 24 heavy (non-hydrogen) atoms. The van der Waals surface area contributed by atoms with Gasteiger partial charge in [-0.15, -0.1) is 0 Å². The van der Waals surface area contributed by atoms with Crippen molar-refractivity contribution < 1.29 is 9.53 Å². The SMILES string of the molecule is Cc1ccc(CC(=O)N[C@@H](C)COc2ccc(C)c(C)c2)c(C)c1. The van der Waals surface area contributed by atoms with Gasteiger partial charge in [0.1, 0.15) is 12.4 Å². The molecule has 0 bridgehead atoms. The molecule has 0 radical (unpaired) electrons. The molecule has 0 aromatic heterocycles. The summed E-state index contributed by atoms with van der Waals surface area (Å²) in [6.07, 6.45) is 0.403. The van der Waals surface area contributed by atoms with Crippen LogP contribution in [-0.2, 0) is 11.2 Å². The third-order valence-electron chi connectivity index (χ3n) is 4.23. The summed E-state index contributed by atoms with van der Waals surface area (Å²) in [6, 6.07) is 12.2. The highest BCUT2D eigenvalue weighted by Crippen LogP contribution is 2.16. The highest BCUT2D eigenvalue weighted by molar-refractivity contribution is 5.79. The number of nitrogens with one attached hydrogen (secondary N) is 1. The van der Waals surface area contributed by atoms with Gasteiger partial charge in [-0.05, 0) is 69.0 Å². The summed E-state index contributed by atoms with van der Waals surface area (Å²) < 4.78 is 5.78. The first-order chi connectivity index (χ1) is 11.3. The lowest BCUT2D eigenvalue weighted by Gasteiger charge is -2.16. The molecule has 1 amide bonds. The highest BCUT2D eigenvalue weighted by atomic mass is 16.5. The zero-order valence-electron chi connectivity index (χ0n) is 15.3. The van der Waals surface area contributed by atoms with E-state index in [0.717, 1.165) is 16.9 Å². The normalized spacial score (nSPS) is 11.9. The number of rotatable bonds is 6. The van der Waals surface area contributed by atoms with Crippen LogP contribution in [0.3, 0.4) is 0 Å². The number of carbonyl (C=O) groups is 1. The van der Waals surface area contributed by atoms with Crippen molar-refractivity contribution in [3.05, 3.63) is 64.2 Å². The minimum atomic E-state index is -0.0372. The molecule has 2 aromatic rings. The summed E-state index contributed by atoms with van der Waals surface area (Å²) in [5, 5.41) is 3.00. The van der Waals surface area contributed by atoms with E-state index in [1.807, 2.05) is 44.2 Å². The van der Waals surface area contributed by atoms with Crippen LogP contribution >= 0.6 is 0 Å². The first kappa shape index (κ1) is 18.1. The fraction of sp³-hybridized carbons (Fsp3) is 0.381. The maximum atomic E-state index is 12.2. The van der Waals surface area contributed by atoms with Crippen LogP contribution in [0.2, 0.25) is 0 Å². The Morgan fingerprint density at radius 3 is 2.42 bits per heavy atom. The van der Waals surface area contributed by atoms with Crippen molar-refractivity contribution in [1.29, 1.82) is 0 Å². The fourth-order valence-corrected chi connectivity index (χ4v) is 2.61. The first-order valence-corrected chi connectivity index (χ1v) is 8.40. The zero-order chi connectivity index (χ0) is 17.7. The van der Waals surface area contributed by atoms with Crippen LogP contribution in [0.4, 0.5) is 0 Å². The smallest absolute Gasteiger partial charge is 0.224 e. The number of hydrogen-bond acceptors (Lipinski definition) is 2. The molecule has 0 heterocycles. The summed E-state index contributed by atoms with van der Waals surface area (Å²) >= 11 is 0. The van der Waals surface area contributed by atoms with Gasteiger partial charge < -0.3 is 10.1 Å². The second-order valence-corrected chi connectivity index (χ2v) is 6.63. The Hall–Kier alpha value is -2.29. The molecule has 1 atom stereocenters. The van der Waals surface area contributed by atoms with Crippen LogP contribution in [0, 0.1) is 27.7 Å². The summed E-state index contributed by atoms with van der Waals surface area (Å²) in [7, 11) is 0. The molecule has 1 N–H and O–H groups in total. The first-order valence-electron chi connectivity index (χ1n) is 8.40. The molecule has 0 spiro atoms. The van der Waals surface area contributed by atoms with Crippen molar-refractivity contribution in [3.63, 3.8) is 0 Å². The van der Waals surface area contributed by atoms with Crippen LogP contribution < -0.4 is 10.1 Å². The van der Waals surface area contributed by atoms with Crippen molar-refractivity contribution >= 4 is 5.91 Å². The maximum Gasteiger partial charge on any atom is 0.224 e. The van der Waals surface area contributed by atoms with Crippen molar-refractivity contribution in [2.24, 2.45) is 0 Å². The molecule has 0 saturated carbocycles. The van der Waals surface area contributed by atoms with Crippen molar-refractivity contribution in [1.82, 2.24) is 5.32 Å². The van der Waals surface area contributed by atoms with Crippen molar-refractivity contribution in [3.8, 4) is 5.75 Å². The predicted octanol–water partition coefficient (Wildman–Crippen LogP) is 4.05. The van der Waals surface area contributed by atoms with Crippen molar-refractivity contribution in [2.45, 2.75) is 47.1 Å². The number of carbonyl (C=O) groups excluding carboxylic acids is 1. The Kier molecular flexibility index (Phi) is 6.02. The number of benzene rings is 2. The fourth-order valence-electron chi connectivity index (χ4n) is 2.61. The summed E-state index contributed by atoms with van der Waals surface area (Å²) in [5.41, 5.74) is 5.90. The Labute approximate surface area is 145 Å². The van der Waals surface area contributed by atoms with Gasteiger partial charge in [0.25, 0.3) is 0 Å². The van der Waals surface area contributed by atoms with Gasteiger partial charge in [-0.3, -0.25) is 4.79 Å². The average molecular weight is 325 g/mol. The lowest BCUT2D eigenvalue weighted by molar-refractivity contribution is -0.121. The van der Waals surface area contributed by atoms with Gasteiger partial charge in [0.2, 0.25) is 5.91 Å². The van der Waals surface area contributed by atoms with E-state index in [0.29, 0.717) is 13.0 Å². The Morgan fingerprint density at radius 2 is 1.75 bits per heavy atom. The summed E-state index contributed by atoms with van der Waals surface area (Å²) in [4.78, 5) is 12.2. The Balaban J connectivity index is 1.83. The van der Waals surface area contributed by atoms with Crippen molar-refractivity contribution in [2.75, 3.05) is 6.61 Å². The molecular formula is C21H27NO2. The van der Waals surface area contributed by atoms with Gasteiger partial charge in [-0.2, -0.15) is 0 Å².